The molecule has 1 aromatic rings. The Morgan fingerprint density at radius 3 is 2.11 bits per heavy atom. The van der Waals surface area contributed by atoms with E-state index in [2.05, 4.69) is 4.98 Å². The third kappa shape index (κ3) is 2.62. The first-order chi connectivity index (χ1) is 8.64. The number of pyridine rings is 1. The van der Waals surface area contributed by atoms with Crippen molar-refractivity contribution in [2.75, 3.05) is 6.26 Å². The molecular formula is C13H20BNO3S. The zero-order valence-corrected chi connectivity index (χ0v) is 13.1. The summed E-state index contributed by atoms with van der Waals surface area (Å²) in [6.45, 7) is 9.96. The van der Waals surface area contributed by atoms with E-state index in [0.717, 1.165) is 11.2 Å². The molecule has 1 fully saturated rings. The van der Waals surface area contributed by atoms with Crippen molar-refractivity contribution in [1.29, 1.82) is 0 Å². The van der Waals surface area contributed by atoms with Crippen molar-refractivity contribution in [3.05, 3.63) is 17.8 Å². The van der Waals surface area contributed by atoms with Crippen molar-refractivity contribution in [1.82, 2.24) is 4.98 Å². The van der Waals surface area contributed by atoms with Gasteiger partial charge in [0.2, 0.25) is 0 Å². The van der Waals surface area contributed by atoms with E-state index in [0.29, 0.717) is 5.03 Å². The topological polar surface area (TPSA) is 48.4 Å². The largest absolute Gasteiger partial charge is 0.496 e. The third-order valence-corrected chi connectivity index (χ3v) is 4.72. The molecule has 1 atom stereocenters. The molecule has 0 bridgehead atoms. The highest BCUT2D eigenvalue weighted by atomic mass is 32.2. The average Bonchev–Trinajstić information content (AvgIpc) is 2.47. The summed E-state index contributed by atoms with van der Waals surface area (Å²) >= 11 is 0. The summed E-state index contributed by atoms with van der Waals surface area (Å²) in [6, 6.07) is 3.66. The summed E-state index contributed by atoms with van der Waals surface area (Å²) in [5, 5.41) is 0.581. The van der Waals surface area contributed by atoms with Gasteiger partial charge in [-0.25, -0.2) is 4.98 Å². The van der Waals surface area contributed by atoms with Gasteiger partial charge in [-0.05, 0) is 40.7 Å². The van der Waals surface area contributed by atoms with Gasteiger partial charge >= 0.3 is 7.12 Å². The molecule has 1 aromatic heterocycles. The first kappa shape index (κ1) is 14.7. The summed E-state index contributed by atoms with van der Waals surface area (Å²) in [7, 11) is -1.49. The lowest BCUT2D eigenvalue weighted by Gasteiger charge is -2.32. The first-order valence-corrected chi connectivity index (χ1v) is 7.86. The molecular weight excluding hydrogens is 261 g/mol. The second-order valence-electron chi connectivity index (χ2n) is 5.87. The van der Waals surface area contributed by atoms with Crippen LogP contribution in [-0.4, -0.2) is 33.8 Å². The fourth-order valence-electron chi connectivity index (χ4n) is 1.93. The van der Waals surface area contributed by atoms with Gasteiger partial charge in [0.05, 0.1) is 22.0 Å². The van der Waals surface area contributed by atoms with E-state index >= 15 is 0 Å². The summed E-state index contributed by atoms with van der Waals surface area (Å²) in [5.74, 6) is 0. The summed E-state index contributed by atoms with van der Waals surface area (Å²) < 4.78 is 23.4. The molecule has 0 N–H and O–H groups in total. The van der Waals surface area contributed by atoms with Crippen LogP contribution in [-0.2, 0) is 20.1 Å². The molecule has 104 valence electrons. The Hall–Kier alpha value is -0.715. The van der Waals surface area contributed by atoms with Crippen molar-refractivity contribution >= 4 is 23.4 Å². The molecule has 19 heavy (non-hydrogen) atoms. The van der Waals surface area contributed by atoms with Crippen molar-refractivity contribution in [2.45, 2.75) is 50.8 Å². The number of hydrogen-bond acceptors (Lipinski definition) is 4. The smallest absolute Gasteiger partial charge is 0.399 e. The van der Waals surface area contributed by atoms with Crippen LogP contribution in [0.2, 0.25) is 0 Å². The van der Waals surface area contributed by atoms with Crippen LogP contribution < -0.4 is 5.46 Å². The zero-order valence-electron chi connectivity index (χ0n) is 12.3. The molecule has 1 aliphatic heterocycles. The highest BCUT2D eigenvalue weighted by molar-refractivity contribution is 7.84. The Bertz CT molecular complexity index is 515. The Morgan fingerprint density at radius 1 is 1.16 bits per heavy atom. The van der Waals surface area contributed by atoms with E-state index in [1.807, 2.05) is 40.7 Å². The van der Waals surface area contributed by atoms with Gasteiger partial charge in [0.1, 0.15) is 5.03 Å². The molecule has 0 radical (unpaired) electrons. The number of hydrogen-bond donors (Lipinski definition) is 0. The highest BCUT2D eigenvalue weighted by Gasteiger charge is 2.52. The molecule has 0 saturated carbocycles. The molecule has 2 heterocycles. The summed E-state index contributed by atoms with van der Waals surface area (Å²) in [4.78, 5) is 4.35. The molecule has 1 aliphatic rings. The van der Waals surface area contributed by atoms with Crippen LogP contribution in [0.15, 0.2) is 17.2 Å². The average molecular weight is 281 g/mol. The van der Waals surface area contributed by atoms with Gasteiger partial charge < -0.3 is 9.31 Å². The molecule has 1 saturated heterocycles. The number of rotatable bonds is 2. The molecule has 0 aromatic carbocycles. The Labute approximate surface area is 117 Å². The van der Waals surface area contributed by atoms with Crippen molar-refractivity contribution in [3.8, 4) is 0 Å². The van der Waals surface area contributed by atoms with Gasteiger partial charge in [0, 0.05) is 17.4 Å². The van der Waals surface area contributed by atoms with E-state index in [9.17, 15) is 4.21 Å². The lowest BCUT2D eigenvalue weighted by atomic mass is 9.78. The van der Waals surface area contributed by atoms with Crippen LogP contribution in [0.25, 0.3) is 0 Å². The normalized spacial score (nSPS) is 22.5. The number of aryl methyl sites for hydroxylation is 1. The second kappa shape index (κ2) is 4.68. The Balaban J connectivity index is 2.33. The zero-order chi connectivity index (χ0) is 14.4. The fourth-order valence-corrected chi connectivity index (χ4v) is 2.45. The van der Waals surface area contributed by atoms with Gasteiger partial charge in [0.15, 0.2) is 0 Å². The van der Waals surface area contributed by atoms with Gasteiger partial charge in [-0.15, -0.1) is 0 Å². The van der Waals surface area contributed by atoms with Crippen LogP contribution in [0, 0.1) is 6.92 Å². The first-order valence-electron chi connectivity index (χ1n) is 6.31. The molecule has 0 spiro atoms. The Kier molecular flexibility index (Phi) is 3.62. The maximum atomic E-state index is 11.4. The summed E-state index contributed by atoms with van der Waals surface area (Å²) in [6.07, 6.45) is 1.62. The second-order valence-corrected chi connectivity index (χ2v) is 7.19. The molecule has 4 nitrogen and oxygen atoms in total. The molecule has 1 unspecified atom stereocenters. The van der Waals surface area contributed by atoms with Crippen LogP contribution in [0.5, 0.6) is 0 Å². The fraction of sp³-hybridized carbons (Fsp3) is 0.615. The molecule has 2 rings (SSSR count). The van der Waals surface area contributed by atoms with Crippen molar-refractivity contribution in [2.24, 2.45) is 0 Å². The lowest BCUT2D eigenvalue weighted by Crippen LogP contribution is -2.41. The van der Waals surface area contributed by atoms with Crippen molar-refractivity contribution in [3.63, 3.8) is 0 Å². The van der Waals surface area contributed by atoms with Crippen LogP contribution >= 0.6 is 0 Å². The highest BCUT2D eigenvalue weighted by Crippen LogP contribution is 2.36. The Morgan fingerprint density at radius 2 is 1.68 bits per heavy atom. The van der Waals surface area contributed by atoms with Gasteiger partial charge in [-0.3, -0.25) is 4.21 Å². The van der Waals surface area contributed by atoms with Gasteiger partial charge in [-0.2, -0.15) is 0 Å². The minimum Gasteiger partial charge on any atom is -0.399 e. The maximum Gasteiger partial charge on any atom is 0.496 e. The van der Waals surface area contributed by atoms with E-state index in [-0.39, 0.29) is 11.2 Å². The quantitative estimate of drug-likeness (QED) is 0.769. The minimum atomic E-state index is -1.07. The minimum absolute atomic E-state index is 0.365. The van der Waals surface area contributed by atoms with Gasteiger partial charge in [-0.1, -0.05) is 6.07 Å². The monoisotopic (exact) mass is 281 g/mol. The van der Waals surface area contributed by atoms with Crippen molar-refractivity contribution < 1.29 is 13.5 Å². The van der Waals surface area contributed by atoms with E-state index < -0.39 is 17.9 Å². The van der Waals surface area contributed by atoms with Crippen LogP contribution in [0.3, 0.4) is 0 Å². The van der Waals surface area contributed by atoms with Crippen LogP contribution in [0.1, 0.15) is 33.4 Å². The van der Waals surface area contributed by atoms with E-state index in [4.69, 9.17) is 9.31 Å². The number of nitrogens with zero attached hydrogens (tertiary/aromatic N) is 1. The van der Waals surface area contributed by atoms with E-state index in [1.54, 1.807) is 12.3 Å². The molecule has 0 aliphatic carbocycles. The van der Waals surface area contributed by atoms with Crippen LogP contribution in [0.4, 0.5) is 0 Å². The SMILES string of the molecule is Cc1nc(S(C)=O)ccc1B1OC(C)(C)C(C)(C)O1. The molecule has 6 heteroatoms. The third-order valence-electron chi connectivity index (χ3n) is 3.90. The lowest BCUT2D eigenvalue weighted by molar-refractivity contribution is 0.00578. The predicted molar refractivity (Wildman–Crippen MR) is 77.0 cm³/mol. The van der Waals surface area contributed by atoms with E-state index in [1.165, 1.54) is 0 Å². The number of aromatic nitrogens is 1. The van der Waals surface area contributed by atoms with Gasteiger partial charge in [0.25, 0.3) is 0 Å². The predicted octanol–water partition coefficient (Wildman–Crippen LogP) is 1.43. The molecule has 0 amide bonds. The maximum absolute atomic E-state index is 11.4. The summed E-state index contributed by atoms with van der Waals surface area (Å²) in [5.41, 5.74) is 0.964. The standard InChI is InChI=1S/C13H20BNO3S/c1-9-10(7-8-11(15-9)19(6)16)14-17-12(2,3)13(4,5)18-14/h7-8H,1-6H3.